The van der Waals surface area contributed by atoms with Crippen molar-refractivity contribution in [3.8, 4) is 57.5 Å². The van der Waals surface area contributed by atoms with E-state index in [1.807, 2.05) is 12.1 Å². The topological polar surface area (TPSA) is 163 Å². The van der Waals surface area contributed by atoms with E-state index in [0.29, 0.717) is 112 Å². The summed E-state index contributed by atoms with van der Waals surface area (Å²) in [7, 11) is 0. The van der Waals surface area contributed by atoms with Crippen molar-refractivity contribution in [3.63, 3.8) is 0 Å². The minimum absolute atomic E-state index is 0.0753. The van der Waals surface area contributed by atoms with E-state index in [9.17, 15) is 0 Å². The Hall–Kier alpha value is -6.26. The predicted octanol–water partition coefficient (Wildman–Crippen LogP) is 41.3. The molecule has 0 aliphatic rings. The quantitative estimate of drug-likeness (QED) is 0.0303. The fourth-order valence-corrected chi connectivity index (χ4v) is 19.6. The van der Waals surface area contributed by atoms with Crippen molar-refractivity contribution in [2.45, 2.75) is 596 Å². The molecular formula is C133H232O16. The highest BCUT2D eigenvalue weighted by atomic mass is 16.6. The lowest BCUT2D eigenvalue weighted by atomic mass is 9.92. The molecule has 4 rings (SSSR count). The van der Waals surface area contributed by atoms with Gasteiger partial charge < -0.3 is 66.3 Å². The van der Waals surface area contributed by atoms with E-state index in [2.05, 4.69) is 93.5 Å². The van der Waals surface area contributed by atoms with Crippen LogP contribution in [0.1, 0.15) is 615 Å². The number of rotatable bonds is 114. The SMILES string of the molecule is CCCCCCCCCCOc1ccc(COCC(COCc2ccc(OCCCCCCCCCC)c(OCCCCCCCCCC)c2)(COC(=O)c2cc(OCCCCCCCCCC)c(OCCCCCCCCCC)c(OCCCCCCCCCC)c2)COC(=O)c2cc(OCCCCCCCCCC)c(OCCCCCCCCCC)c(OCCCCCCCCCC)c2)cc1OCCCCCCCCCC. The molecule has 0 atom stereocenters. The van der Waals surface area contributed by atoms with E-state index in [-0.39, 0.29) is 50.8 Å². The molecule has 860 valence electrons. The van der Waals surface area contributed by atoms with Crippen molar-refractivity contribution >= 4 is 11.9 Å². The monoisotopic (exact) mass is 2090 g/mol. The van der Waals surface area contributed by atoms with Crippen LogP contribution in [0.2, 0.25) is 0 Å². The zero-order valence-electron chi connectivity index (χ0n) is 98.7. The van der Waals surface area contributed by atoms with E-state index in [1.165, 1.54) is 347 Å². The van der Waals surface area contributed by atoms with Crippen LogP contribution in [0.5, 0.6) is 57.5 Å². The summed E-state index contributed by atoms with van der Waals surface area (Å²) in [6, 6.07) is 19.5. The Morgan fingerprint density at radius 3 is 0.523 bits per heavy atom. The molecule has 0 unspecified atom stereocenters. The van der Waals surface area contributed by atoms with Crippen molar-refractivity contribution in [1.29, 1.82) is 0 Å². The summed E-state index contributed by atoms with van der Waals surface area (Å²) >= 11 is 0. The molecule has 0 spiro atoms. The molecule has 16 nitrogen and oxygen atoms in total. The number of carbonyl (C=O) groups excluding carboxylic acids is 2. The molecule has 0 N–H and O–H groups in total. The second kappa shape index (κ2) is 99.8. The summed E-state index contributed by atoms with van der Waals surface area (Å²) in [6.45, 7) is 27.4. The van der Waals surface area contributed by atoms with E-state index in [1.54, 1.807) is 24.3 Å². The van der Waals surface area contributed by atoms with Crippen molar-refractivity contribution < 1.29 is 75.9 Å². The van der Waals surface area contributed by atoms with Crippen molar-refractivity contribution in [3.05, 3.63) is 82.9 Å². The molecule has 4 aromatic carbocycles. The standard InChI is InChI=1S/C133H232O16/c1-11-21-31-41-51-61-71-81-95-138-121-93-91-117(105-123(121)140-97-83-73-63-53-43-33-23-13-3)111-136-113-133(114-137-112-118-92-94-122(139-96-82-72-62-52-42-32-22-12-2)124(106-118)141-98-84-74-64-54-44-34-24-14-4,115-148-131(134)119-107-125(142-99-85-75-65-55-45-35-25-15-5)129(146-103-89-79-69-59-49-39-29-19-9)126(108-119)143-100-86-76-66-56-46-36-26-16-6)116-149-132(135)120-109-127(144-101-87-77-67-57-47-37-27-17-7)130(147-104-90-80-70-60-50-40-30-20-10)128(110-120)145-102-88-78-68-58-48-38-28-18-8/h91-94,105-110H,11-90,95-104,111-116H2,1-10H3. The number of unbranched alkanes of at least 4 members (excludes halogenated alkanes) is 70. The molecule has 4 aromatic rings. The first-order valence-corrected chi connectivity index (χ1v) is 64.0. The van der Waals surface area contributed by atoms with Crippen LogP contribution < -0.4 is 47.4 Å². The van der Waals surface area contributed by atoms with Crippen LogP contribution in [0.15, 0.2) is 60.7 Å². The summed E-state index contributed by atoms with van der Waals surface area (Å²) < 4.78 is 96.6. The second-order valence-electron chi connectivity index (χ2n) is 44.0. The molecular weight excluding hydrogens is 1850 g/mol. The molecule has 0 radical (unpaired) electrons. The number of benzene rings is 4. The highest BCUT2D eigenvalue weighted by Gasteiger charge is 2.37. The molecule has 0 aromatic heterocycles. The van der Waals surface area contributed by atoms with Gasteiger partial charge >= 0.3 is 11.9 Å². The highest BCUT2D eigenvalue weighted by Crippen LogP contribution is 2.44. The summed E-state index contributed by atoms with van der Waals surface area (Å²) in [4.78, 5) is 32.1. The Kier molecular flexibility index (Phi) is 90.4. The van der Waals surface area contributed by atoms with Crippen LogP contribution >= 0.6 is 0 Å². The first kappa shape index (κ1) is 135. The van der Waals surface area contributed by atoms with Gasteiger partial charge in [-0.05, 0) is 124 Å². The highest BCUT2D eigenvalue weighted by molar-refractivity contribution is 5.92. The smallest absolute Gasteiger partial charge is 0.338 e. The fraction of sp³-hybridized carbons (Fsp3) is 0.805. The maximum Gasteiger partial charge on any atom is 0.338 e. The van der Waals surface area contributed by atoms with Gasteiger partial charge in [-0.2, -0.15) is 0 Å². The molecule has 0 bridgehead atoms. The third-order valence-corrected chi connectivity index (χ3v) is 29.4. The molecule has 0 fully saturated rings. The maximum absolute atomic E-state index is 16.0. The predicted molar refractivity (Wildman–Crippen MR) is 629 cm³/mol. The van der Waals surface area contributed by atoms with Gasteiger partial charge in [-0.25, -0.2) is 9.59 Å². The van der Waals surface area contributed by atoms with Gasteiger partial charge in [0.15, 0.2) is 46.0 Å². The van der Waals surface area contributed by atoms with Crippen molar-refractivity contribution in [2.24, 2.45) is 5.41 Å². The normalized spacial score (nSPS) is 11.6. The third kappa shape index (κ3) is 72.2. The Bertz CT molecular complexity index is 3330. The van der Waals surface area contributed by atoms with Gasteiger partial charge in [-0.1, -0.05) is 531 Å². The van der Waals surface area contributed by atoms with Gasteiger partial charge in [-0.15, -0.1) is 0 Å². The maximum atomic E-state index is 16.0. The van der Waals surface area contributed by atoms with E-state index < -0.39 is 17.4 Å². The molecule has 0 saturated heterocycles. The van der Waals surface area contributed by atoms with Gasteiger partial charge in [-0.3, -0.25) is 0 Å². The Morgan fingerprint density at radius 2 is 0.336 bits per heavy atom. The summed E-state index contributed by atoms with van der Waals surface area (Å²) in [5.74, 6) is 4.50. The Labute approximate surface area is 916 Å². The Morgan fingerprint density at radius 1 is 0.174 bits per heavy atom. The lowest BCUT2D eigenvalue weighted by Crippen LogP contribution is -2.43. The number of esters is 2. The zero-order chi connectivity index (χ0) is 107. The molecule has 0 aliphatic heterocycles. The third-order valence-electron chi connectivity index (χ3n) is 29.4. The van der Waals surface area contributed by atoms with Crippen LogP contribution in [0.25, 0.3) is 0 Å². The van der Waals surface area contributed by atoms with Crippen LogP contribution in [0, 0.1) is 5.41 Å². The van der Waals surface area contributed by atoms with Crippen LogP contribution in [-0.4, -0.2) is 104 Å². The number of hydrogen-bond acceptors (Lipinski definition) is 16. The summed E-state index contributed by atoms with van der Waals surface area (Å²) in [6.07, 6.45) is 93.9. The van der Waals surface area contributed by atoms with Gasteiger partial charge in [0.05, 0.1) is 109 Å². The first-order valence-electron chi connectivity index (χ1n) is 64.0. The van der Waals surface area contributed by atoms with Gasteiger partial charge in [0.25, 0.3) is 0 Å². The largest absolute Gasteiger partial charge is 0.490 e. The van der Waals surface area contributed by atoms with Gasteiger partial charge in [0.2, 0.25) is 11.5 Å². The fourth-order valence-electron chi connectivity index (χ4n) is 19.6. The second-order valence-corrected chi connectivity index (χ2v) is 44.0. The van der Waals surface area contributed by atoms with Crippen molar-refractivity contribution in [1.82, 2.24) is 0 Å². The van der Waals surface area contributed by atoms with E-state index in [4.69, 9.17) is 66.3 Å². The van der Waals surface area contributed by atoms with Crippen LogP contribution in [0.4, 0.5) is 0 Å². The lowest BCUT2D eigenvalue weighted by molar-refractivity contribution is -0.0918. The molecule has 0 heterocycles. The first-order chi connectivity index (χ1) is 73.6. The Balaban J connectivity index is 2.06. The van der Waals surface area contributed by atoms with Gasteiger partial charge in [0.1, 0.15) is 13.2 Å². The summed E-state index contributed by atoms with van der Waals surface area (Å²) in [5, 5.41) is 0. The van der Waals surface area contributed by atoms with Gasteiger partial charge in [0, 0.05) is 0 Å². The average molecular weight is 2090 g/mol. The van der Waals surface area contributed by atoms with E-state index in [0.717, 1.165) is 190 Å². The van der Waals surface area contributed by atoms with Crippen molar-refractivity contribution in [2.75, 3.05) is 92.5 Å². The molecule has 0 amide bonds. The molecule has 149 heavy (non-hydrogen) atoms. The summed E-state index contributed by atoms with van der Waals surface area (Å²) in [5.41, 5.74) is 0.883. The molecule has 0 aliphatic carbocycles. The number of ether oxygens (including phenoxy) is 14. The number of hydrogen-bond donors (Lipinski definition) is 0. The lowest BCUT2D eigenvalue weighted by Gasteiger charge is -2.32. The van der Waals surface area contributed by atoms with Crippen LogP contribution in [-0.2, 0) is 32.2 Å². The molecule has 0 saturated carbocycles. The van der Waals surface area contributed by atoms with E-state index >= 15 is 9.59 Å². The minimum Gasteiger partial charge on any atom is -0.490 e. The average Bonchev–Trinajstić information content (AvgIpc) is 0.808. The minimum atomic E-state index is -1.37. The van der Waals surface area contributed by atoms with Crippen LogP contribution in [0.3, 0.4) is 0 Å². The number of carbonyl (C=O) groups is 2. The zero-order valence-corrected chi connectivity index (χ0v) is 98.7. The molecule has 16 heteroatoms.